The number of hydrogen-bond acceptors (Lipinski definition) is 8. The Hall–Kier alpha value is -3.47. The predicted molar refractivity (Wildman–Crippen MR) is 158 cm³/mol. The Labute approximate surface area is 241 Å². The summed E-state index contributed by atoms with van der Waals surface area (Å²) >= 11 is 0. The normalized spacial score (nSPS) is 20.1. The molecule has 0 unspecified atom stereocenters. The van der Waals surface area contributed by atoms with Crippen molar-refractivity contribution in [2.45, 2.75) is 64.5 Å². The molecular formula is C30H42FN7O3. The fourth-order valence-corrected chi connectivity index (χ4v) is 6.27. The Morgan fingerprint density at radius 2 is 1.90 bits per heavy atom. The van der Waals surface area contributed by atoms with E-state index in [0.29, 0.717) is 47.8 Å². The molecule has 5 rings (SSSR count). The van der Waals surface area contributed by atoms with E-state index in [4.69, 9.17) is 9.72 Å². The third-order valence-electron chi connectivity index (χ3n) is 8.63. The van der Waals surface area contributed by atoms with E-state index in [1.54, 1.807) is 43.5 Å². The second kappa shape index (κ2) is 12.2. The highest BCUT2D eigenvalue weighted by Gasteiger charge is 2.41. The van der Waals surface area contributed by atoms with Gasteiger partial charge in [0.15, 0.2) is 5.82 Å². The van der Waals surface area contributed by atoms with E-state index in [9.17, 15) is 14.0 Å². The first-order valence-corrected chi connectivity index (χ1v) is 14.7. The number of nitrogens with one attached hydrogen (secondary N) is 2. The average molecular weight is 568 g/mol. The molecule has 0 radical (unpaired) electrons. The summed E-state index contributed by atoms with van der Waals surface area (Å²) in [6, 6.07) is 5.65. The first kappa shape index (κ1) is 29.0. The Morgan fingerprint density at radius 1 is 1.17 bits per heavy atom. The summed E-state index contributed by atoms with van der Waals surface area (Å²) in [5, 5.41) is 6.38. The Balaban J connectivity index is 1.34. The zero-order valence-electron chi connectivity index (χ0n) is 24.6. The number of rotatable bonds is 8. The van der Waals surface area contributed by atoms with Crippen LogP contribution in [0.2, 0.25) is 0 Å². The molecule has 41 heavy (non-hydrogen) atoms. The number of anilines is 4. The summed E-state index contributed by atoms with van der Waals surface area (Å²) in [7, 11) is 3.35. The van der Waals surface area contributed by atoms with Gasteiger partial charge < -0.3 is 30.1 Å². The van der Waals surface area contributed by atoms with Crippen molar-refractivity contribution in [2.24, 2.45) is 5.41 Å². The topological polar surface area (TPSA) is 103 Å². The number of carbonyl (C=O) groups excluding carboxylic acids is 2. The van der Waals surface area contributed by atoms with Crippen LogP contribution in [-0.4, -0.2) is 85.8 Å². The fraction of sp³-hybridized carbons (Fsp3) is 0.600. The summed E-state index contributed by atoms with van der Waals surface area (Å²) in [5.74, 6) is 1.52. The van der Waals surface area contributed by atoms with Gasteiger partial charge in [-0.05, 0) is 57.7 Å². The molecule has 10 nitrogen and oxygen atoms in total. The Morgan fingerprint density at radius 3 is 2.59 bits per heavy atom. The molecule has 2 fully saturated rings. The van der Waals surface area contributed by atoms with Crippen molar-refractivity contribution in [3.63, 3.8) is 0 Å². The third-order valence-corrected chi connectivity index (χ3v) is 8.63. The number of aromatic nitrogens is 2. The van der Waals surface area contributed by atoms with E-state index in [1.165, 1.54) is 12.8 Å². The number of benzene rings is 1. The van der Waals surface area contributed by atoms with Crippen LogP contribution in [0.1, 0.15) is 62.7 Å². The quantitative estimate of drug-likeness (QED) is 0.491. The smallest absolute Gasteiger partial charge is 0.251 e. The van der Waals surface area contributed by atoms with Crippen LogP contribution in [-0.2, 0) is 4.79 Å². The molecule has 0 atom stereocenters. The number of alkyl halides is 1. The number of ether oxygens (including phenoxy) is 1. The molecule has 1 aromatic carbocycles. The van der Waals surface area contributed by atoms with Gasteiger partial charge >= 0.3 is 0 Å². The number of methoxy groups -OCH3 is 1. The monoisotopic (exact) mass is 567 g/mol. The van der Waals surface area contributed by atoms with Crippen LogP contribution < -0.4 is 25.2 Å². The molecule has 3 aliphatic rings. The van der Waals surface area contributed by atoms with Crippen LogP contribution in [0, 0.1) is 5.41 Å². The average Bonchev–Trinajstić information content (AvgIpc) is 3.49. The number of carbonyl (C=O) groups is 2. The summed E-state index contributed by atoms with van der Waals surface area (Å²) in [6.45, 7) is 6.23. The number of nitrogens with zero attached hydrogens (tertiary/aromatic N) is 5. The summed E-state index contributed by atoms with van der Waals surface area (Å²) in [6.07, 6.45) is 7.81. The molecule has 2 aromatic rings. The number of piperidine rings is 1. The molecular weight excluding hydrogens is 525 g/mol. The zero-order valence-corrected chi connectivity index (χ0v) is 24.6. The van der Waals surface area contributed by atoms with E-state index in [-0.39, 0.29) is 24.5 Å². The lowest BCUT2D eigenvalue weighted by molar-refractivity contribution is -0.125. The van der Waals surface area contributed by atoms with Gasteiger partial charge in [-0.15, -0.1) is 0 Å². The highest BCUT2D eigenvalue weighted by Crippen LogP contribution is 2.40. The van der Waals surface area contributed by atoms with Gasteiger partial charge in [0.2, 0.25) is 11.9 Å². The van der Waals surface area contributed by atoms with Gasteiger partial charge in [0.05, 0.1) is 24.4 Å². The van der Waals surface area contributed by atoms with Crippen molar-refractivity contribution >= 4 is 35.0 Å². The van der Waals surface area contributed by atoms with Crippen LogP contribution in [0.5, 0.6) is 5.75 Å². The molecule has 0 bridgehead atoms. The maximum absolute atomic E-state index is 13.3. The maximum atomic E-state index is 13.3. The first-order chi connectivity index (χ1) is 19.7. The van der Waals surface area contributed by atoms with E-state index < -0.39 is 5.41 Å². The Kier molecular flexibility index (Phi) is 8.63. The van der Waals surface area contributed by atoms with E-state index >= 15 is 0 Å². The first-order valence-electron chi connectivity index (χ1n) is 14.7. The molecule has 11 heteroatoms. The molecule has 2 amide bonds. The SMILES string of the molecule is COc1cc(C(=O)NC2CCN(CCF)CC2)ccc1Nc1ncc2c(n1)N(C1CCCC1)CC(C)(C)C(=O)N2C. The van der Waals surface area contributed by atoms with Gasteiger partial charge in [-0.1, -0.05) is 12.8 Å². The molecule has 1 aliphatic carbocycles. The van der Waals surface area contributed by atoms with Crippen molar-refractivity contribution < 1.29 is 18.7 Å². The van der Waals surface area contributed by atoms with E-state index in [0.717, 1.165) is 44.6 Å². The Bertz CT molecular complexity index is 1260. The van der Waals surface area contributed by atoms with Gasteiger partial charge in [0, 0.05) is 50.9 Å². The maximum Gasteiger partial charge on any atom is 0.251 e. The second-order valence-electron chi connectivity index (χ2n) is 12.0. The largest absolute Gasteiger partial charge is 0.495 e. The molecule has 1 saturated heterocycles. The molecule has 0 spiro atoms. The molecule has 222 valence electrons. The number of amides is 2. The fourth-order valence-electron chi connectivity index (χ4n) is 6.27. The van der Waals surface area contributed by atoms with Crippen LogP contribution in [0.15, 0.2) is 24.4 Å². The number of fused-ring (bicyclic) bond motifs is 1. The lowest BCUT2D eigenvalue weighted by Crippen LogP contribution is -2.45. The van der Waals surface area contributed by atoms with Crippen molar-refractivity contribution in [1.82, 2.24) is 20.2 Å². The standard InChI is InChI=1S/C30H42FN7O3/c1-30(2)19-38(22-7-5-6-8-22)26-24(36(3)28(30)40)18-32-29(35-26)34-23-10-9-20(17-25(23)41-4)27(39)33-21-11-14-37(15-12-21)16-13-31/h9-10,17-18,21-22H,5-8,11-16,19H2,1-4H3,(H,33,39)(H,32,34,35). The van der Waals surface area contributed by atoms with Gasteiger partial charge in [-0.3, -0.25) is 9.59 Å². The highest BCUT2D eigenvalue weighted by atomic mass is 19.1. The van der Waals surface area contributed by atoms with Gasteiger partial charge in [-0.2, -0.15) is 4.98 Å². The molecule has 1 aromatic heterocycles. The van der Waals surface area contributed by atoms with Crippen LogP contribution in [0.25, 0.3) is 0 Å². The molecule has 2 N–H and O–H groups in total. The predicted octanol–water partition coefficient (Wildman–Crippen LogP) is 4.14. The number of halogens is 1. The van der Waals surface area contributed by atoms with Gasteiger partial charge in [0.25, 0.3) is 5.91 Å². The zero-order chi connectivity index (χ0) is 29.1. The third kappa shape index (κ3) is 6.24. The minimum atomic E-state index is -0.559. The number of hydrogen-bond donors (Lipinski definition) is 2. The van der Waals surface area contributed by atoms with Gasteiger partial charge in [-0.25, -0.2) is 9.37 Å². The van der Waals surface area contributed by atoms with E-state index in [1.807, 2.05) is 13.8 Å². The minimum Gasteiger partial charge on any atom is -0.495 e. The highest BCUT2D eigenvalue weighted by molar-refractivity contribution is 6.01. The lowest BCUT2D eigenvalue weighted by atomic mass is 9.91. The minimum absolute atomic E-state index is 0.0457. The van der Waals surface area contributed by atoms with Crippen molar-refractivity contribution in [3.05, 3.63) is 30.0 Å². The molecule has 2 aliphatic heterocycles. The van der Waals surface area contributed by atoms with Crippen molar-refractivity contribution in [2.75, 3.05) is 62.1 Å². The summed E-state index contributed by atoms with van der Waals surface area (Å²) < 4.78 is 18.3. The van der Waals surface area contributed by atoms with Crippen LogP contribution in [0.3, 0.4) is 0 Å². The summed E-state index contributed by atoms with van der Waals surface area (Å²) in [5.41, 5.74) is 1.27. The molecule has 3 heterocycles. The van der Waals surface area contributed by atoms with Crippen molar-refractivity contribution in [1.29, 1.82) is 0 Å². The lowest BCUT2D eigenvalue weighted by Gasteiger charge is -2.34. The second-order valence-corrected chi connectivity index (χ2v) is 12.0. The molecule has 1 saturated carbocycles. The summed E-state index contributed by atoms with van der Waals surface area (Å²) in [4.78, 5) is 41.8. The van der Waals surface area contributed by atoms with Gasteiger partial charge in [0.1, 0.15) is 18.1 Å². The van der Waals surface area contributed by atoms with Crippen LogP contribution >= 0.6 is 0 Å². The van der Waals surface area contributed by atoms with Crippen molar-refractivity contribution in [3.8, 4) is 5.75 Å². The number of likely N-dealkylation sites (tertiary alicyclic amines) is 1. The van der Waals surface area contributed by atoms with E-state index in [2.05, 4.69) is 25.4 Å². The van der Waals surface area contributed by atoms with Crippen LogP contribution in [0.4, 0.5) is 27.5 Å².